The van der Waals surface area contributed by atoms with E-state index in [-0.39, 0.29) is 5.91 Å². The molecule has 0 spiro atoms. The monoisotopic (exact) mass is 424 g/mol. The number of anilines is 1. The van der Waals surface area contributed by atoms with Crippen molar-refractivity contribution >= 4 is 34.3 Å². The molecule has 1 aromatic heterocycles. The fourth-order valence-electron chi connectivity index (χ4n) is 3.49. The highest BCUT2D eigenvalue weighted by atomic mass is 35.5. The summed E-state index contributed by atoms with van der Waals surface area (Å²) < 4.78 is 6.00. The van der Waals surface area contributed by atoms with Gasteiger partial charge >= 0.3 is 0 Å². The Hall–Kier alpha value is -3.89. The number of nitrogens with one attached hydrogen (secondary N) is 1. The molecule has 5 heteroatoms. The summed E-state index contributed by atoms with van der Waals surface area (Å²) in [6.45, 7) is 0. The number of carbonyl (C=O) groups is 1. The first-order valence-electron chi connectivity index (χ1n) is 9.80. The van der Waals surface area contributed by atoms with Crippen molar-refractivity contribution in [3.8, 4) is 22.6 Å². The van der Waals surface area contributed by atoms with Gasteiger partial charge in [0.05, 0.1) is 0 Å². The van der Waals surface area contributed by atoms with E-state index in [0.717, 1.165) is 22.2 Å². The van der Waals surface area contributed by atoms with Crippen LogP contribution >= 0.6 is 11.6 Å². The third kappa shape index (κ3) is 3.81. The van der Waals surface area contributed by atoms with Crippen molar-refractivity contribution in [3.63, 3.8) is 0 Å². The molecular weight excluding hydrogens is 408 g/mol. The van der Waals surface area contributed by atoms with Gasteiger partial charge in [0.25, 0.3) is 5.91 Å². The molecule has 5 aromatic rings. The highest BCUT2D eigenvalue weighted by Crippen LogP contribution is 2.35. The Kier molecular flexibility index (Phi) is 4.98. The summed E-state index contributed by atoms with van der Waals surface area (Å²) >= 11 is 6.00. The molecular formula is C26H17ClN2O2. The van der Waals surface area contributed by atoms with Crippen molar-refractivity contribution in [2.75, 3.05) is 5.32 Å². The van der Waals surface area contributed by atoms with Crippen molar-refractivity contribution in [2.24, 2.45) is 0 Å². The first-order chi connectivity index (χ1) is 15.2. The minimum atomic E-state index is -0.165. The number of oxazole rings is 1. The van der Waals surface area contributed by atoms with Gasteiger partial charge < -0.3 is 9.73 Å². The van der Waals surface area contributed by atoms with Gasteiger partial charge in [0, 0.05) is 33.0 Å². The SMILES string of the molecule is O=C(Nc1ccccc1-c1cccc2oc(-c3ccc(Cl)cc3)nc12)c1ccccc1. The van der Waals surface area contributed by atoms with E-state index in [0.29, 0.717) is 27.7 Å². The number of para-hydroxylation sites is 2. The molecule has 0 atom stereocenters. The Balaban J connectivity index is 1.57. The van der Waals surface area contributed by atoms with Crippen molar-refractivity contribution < 1.29 is 9.21 Å². The zero-order chi connectivity index (χ0) is 21.2. The largest absolute Gasteiger partial charge is 0.436 e. The zero-order valence-corrected chi connectivity index (χ0v) is 17.1. The number of benzene rings is 4. The second-order valence-corrected chi connectivity index (χ2v) is 7.48. The van der Waals surface area contributed by atoms with Gasteiger partial charge in [-0.15, -0.1) is 0 Å². The highest BCUT2D eigenvalue weighted by Gasteiger charge is 2.16. The maximum atomic E-state index is 12.7. The number of hydrogen-bond donors (Lipinski definition) is 1. The summed E-state index contributed by atoms with van der Waals surface area (Å²) in [5, 5.41) is 3.68. The Bertz CT molecular complexity index is 1380. The molecule has 0 saturated carbocycles. The first kappa shape index (κ1) is 19.1. The summed E-state index contributed by atoms with van der Waals surface area (Å²) in [6, 6.07) is 30.0. The molecule has 0 aliphatic carbocycles. The fraction of sp³-hybridized carbons (Fsp3) is 0. The van der Waals surface area contributed by atoms with Gasteiger partial charge in [-0.25, -0.2) is 4.98 Å². The molecule has 0 aliphatic heterocycles. The molecule has 0 aliphatic rings. The second kappa shape index (κ2) is 8.09. The van der Waals surface area contributed by atoms with Crippen LogP contribution in [0.1, 0.15) is 10.4 Å². The number of halogens is 1. The molecule has 31 heavy (non-hydrogen) atoms. The van der Waals surface area contributed by atoms with Gasteiger partial charge in [-0.2, -0.15) is 0 Å². The zero-order valence-electron chi connectivity index (χ0n) is 16.4. The maximum absolute atomic E-state index is 12.7. The third-order valence-electron chi connectivity index (χ3n) is 5.01. The molecule has 1 amide bonds. The molecule has 4 nitrogen and oxygen atoms in total. The molecule has 0 bridgehead atoms. The van der Waals surface area contributed by atoms with Crippen LogP contribution in [0.15, 0.2) is 101 Å². The summed E-state index contributed by atoms with van der Waals surface area (Å²) in [6.07, 6.45) is 0. The maximum Gasteiger partial charge on any atom is 0.255 e. The number of hydrogen-bond acceptors (Lipinski definition) is 3. The fourth-order valence-corrected chi connectivity index (χ4v) is 3.62. The second-order valence-electron chi connectivity index (χ2n) is 7.04. The van der Waals surface area contributed by atoms with Crippen molar-refractivity contribution in [3.05, 3.63) is 108 Å². The normalized spacial score (nSPS) is 10.9. The van der Waals surface area contributed by atoms with E-state index in [4.69, 9.17) is 21.0 Å². The summed E-state index contributed by atoms with van der Waals surface area (Å²) in [5.74, 6) is 0.354. The van der Waals surface area contributed by atoms with E-state index in [2.05, 4.69) is 5.32 Å². The van der Waals surface area contributed by atoms with E-state index in [1.165, 1.54) is 0 Å². The summed E-state index contributed by atoms with van der Waals surface area (Å²) in [7, 11) is 0. The predicted molar refractivity (Wildman–Crippen MR) is 124 cm³/mol. The van der Waals surface area contributed by atoms with E-state index in [9.17, 15) is 4.79 Å². The molecule has 150 valence electrons. The van der Waals surface area contributed by atoms with Crippen molar-refractivity contribution in [2.45, 2.75) is 0 Å². The van der Waals surface area contributed by atoms with Crippen molar-refractivity contribution in [1.29, 1.82) is 0 Å². The Morgan fingerprint density at radius 1 is 0.774 bits per heavy atom. The van der Waals surface area contributed by atoms with Gasteiger partial charge in [0.2, 0.25) is 5.89 Å². The lowest BCUT2D eigenvalue weighted by Crippen LogP contribution is -2.12. The quantitative estimate of drug-likeness (QED) is 0.335. The molecule has 4 aromatic carbocycles. The molecule has 0 fully saturated rings. The van der Waals surface area contributed by atoms with Gasteiger partial charge in [-0.1, -0.05) is 60.1 Å². The smallest absolute Gasteiger partial charge is 0.255 e. The number of fused-ring (bicyclic) bond motifs is 1. The van der Waals surface area contributed by atoms with E-state index < -0.39 is 0 Å². The molecule has 0 saturated heterocycles. The van der Waals surface area contributed by atoms with Crippen LogP contribution < -0.4 is 5.32 Å². The Morgan fingerprint density at radius 3 is 2.29 bits per heavy atom. The topological polar surface area (TPSA) is 55.1 Å². The van der Waals surface area contributed by atoms with Gasteiger partial charge in [0.1, 0.15) is 5.52 Å². The molecule has 0 unspecified atom stereocenters. The standard InChI is InChI=1S/C26H17ClN2O2/c27-19-15-13-18(14-16-19)26-29-24-21(10-6-12-23(24)31-26)20-9-4-5-11-22(20)28-25(30)17-7-2-1-3-8-17/h1-16H,(H,28,30). The van der Waals surface area contributed by atoms with Crippen molar-refractivity contribution in [1.82, 2.24) is 4.98 Å². The van der Waals surface area contributed by atoms with Crippen LogP contribution in [0.4, 0.5) is 5.69 Å². The van der Waals surface area contributed by atoms with Crippen LogP contribution in [0.5, 0.6) is 0 Å². The average molecular weight is 425 g/mol. The van der Waals surface area contributed by atoms with E-state index in [1.54, 1.807) is 24.3 Å². The van der Waals surface area contributed by atoms with Crippen LogP contribution in [0.2, 0.25) is 5.02 Å². The highest BCUT2D eigenvalue weighted by molar-refractivity contribution is 6.30. The van der Waals surface area contributed by atoms with Gasteiger partial charge in [-0.3, -0.25) is 4.79 Å². The average Bonchev–Trinajstić information content (AvgIpc) is 3.25. The lowest BCUT2D eigenvalue weighted by atomic mass is 10.0. The Labute approximate surface area is 184 Å². The van der Waals surface area contributed by atoms with E-state index in [1.807, 2.05) is 72.8 Å². The van der Waals surface area contributed by atoms with E-state index >= 15 is 0 Å². The summed E-state index contributed by atoms with van der Waals surface area (Å²) in [5.41, 5.74) is 5.30. The van der Waals surface area contributed by atoms with Crippen LogP contribution in [-0.2, 0) is 0 Å². The Morgan fingerprint density at radius 2 is 1.48 bits per heavy atom. The lowest BCUT2D eigenvalue weighted by molar-refractivity contribution is 0.102. The summed E-state index contributed by atoms with van der Waals surface area (Å²) in [4.78, 5) is 17.5. The first-order valence-corrected chi connectivity index (χ1v) is 10.2. The number of carbonyl (C=O) groups excluding carboxylic acids is 1. The van der Waals surface area contributed by atoms with Crippen LogP contribution in [0, 0.1) is 0 Å². The molecule has 1 N–H and O–H groups in total. The van der Waals surface area contributed by atoms with Gasteiger partial charge in [0.15, 0.2) is 5.58 Å². The lowest BCUT2D eigenvalue weighted by Gasteiger charge is -2.11. The number of nitrogens with zero attached hydrogens (tertiary/aromatic N) is 1. The minimum Gasteiger partial charge on any atom is -0.436 e. The van der Waals surface area contributed by atoms with Crippen LogP contribution in [0.3, 0.4) is 0 Å². The number of aromatic nitrogens is 1. The number of rotatable bonds is 4. The predicted octanol–water partition coefficient (Wildman–Crippen LogP) is 7.07. The van der Waals surface area contributed by atoms with Gasteiger partial charge in [-0.05, 0) is 48.5 Å². The molecule has 5 rings (SSSR count). The minimum absolute atomic E-state index is 0.165. The molecule has 1 heterocycles. The third-order valence-corrected chi connectivity index (χ3v) is 5.26. The number of amides is 1. The van der Waals surface area contributed by atoms with Crippen LogP contribution in [0.25, 0.3) is 33.7 Å². The molecule has 0 radical (unpaired) electrons. The van der Waals surface area contributed by atoms with Crippen LogP contribution in [-0.4, -0.2) is 10.9 Å².